The molecule has 0 fully saturated rings. The Kier molecular flexibility index (Phi) is 5.06. The fourth-order valence-corrected chi connectivity index (χ4v) is 2.41. The van der Waals surface area contributed by atoms with Crippen LogP contribution >= 0.6 is 0 Å². The number of carbonyl (C=O) groups excluding carboxylic acids is 1. The SMILES string of the molecule is Cc1nc(C(C)(C)C)[nH]c(=O)c1C(=O)NC(C)c1ccc(F)cc1F. The number of aryl methyl sites for hydroxylation is 1. The van der Waals surface area contributed by atoms with Crippen molar-refractivity contribution < 1.29 is 13.6 Å². The summed E-state index contributed by atoms with van der Waals surface area (Å²) in [7, 11) is 0. The summed E-state index contributed by atoms with van der Waals surface area (Å²) < 4.78 is 26.8. The van der Waals surface area contributed by atoms with Crippen molar-refractivity contribution in [2.45, 2.75) is 46.1 Å². The molecule has 2 aromatic rings. The second kappa shape index (κ2) is 6.74. The van der Waals surface area contributed by atoms with Crippen molar-refractivity contribution in [3.8, 4) is 0 Å². The first-order chi connectivity index (χ1) is 11.5. The molecule has 7 heteroatoms. The molecule has 5 nitrogen and oxygen atoms in total. The lowest BCUT2D eigenvalue weighted by molar-refractivity contribution is 0.0936. The van der Waals surface area contributed by atoms with Gasteiger partial charge in [0.15, 0.2) is 0 Å². The molecule has 0 saturated heterocycles. The summed E-state index contributed by atoms with van der Waals surface area (Å²) in [6.45, 7) is 8.80. The number of benzene rings is 1. The molecule has 0 bridgehead atoms. The molecule has 0 aliphatic carbocycles. The van der Waals surface area contributed by atoms with Gasteiger partial charge in [-0.2, -0.15) is 0 Å². The first kappa shape index (κ1) is 18.8. The monoisotopic (exact) mass is 349 g/mol. The van der Waals surface area contributed by atoms with Crippen LogP contribution in [0.1, 0.15) is 61.2 Å². The van der Waals surface area contributed by atoms with Crippen LogP contribution in [0.4, 0.5) is 8.78 Å². The number of H-pyrrole nitrogens is 1. The highest BCUT2D eigenvalue weighted by Crippen LogP contribution is 2.19. The number of hydrogen-bond donors (Lipinski definition) is 2. The van der Waals surface area contributed by atoms with Crippen LogP contribution in [0.5, 0.6) is 0 Å². The quantitative estimate of drug-likeness (QED) is 0.894. The molecule has 1 heterocycles. The van der Waals surface area contributed by atoms with Crippen LogP contribution in [0.2, 0.25) is 0 Å². The topological polar surface area (TPSA) is 74.8 Å². The number of nitrogens with one attached hydrogen (secondary N) is 2. The summed E-state index contributed by atoms with van der Waals surface area (Å²) in [5, 5.41) is 2.55. The number of aromatic nitrogens is 2. The van der Waals surface area contributed by atoms with Crippen LogP contribution in [0.15, 0.2) is 23.0 Å². The molecular formula is C18H21F2N3O2. The fraction of sp³-hybridized carbons (Fsp3) is 0.389. The molecule has 1 aromatic carbocycles. The molecule has 1 atom stereocenters. The van der Waals surface area contributed by atoms with Crippen molar-refractivity contribution in [1.82, 2.24) is 15.3 Å². The number of amides is 1. The number of hydrogen-bond acceptors (Lipinski definition) is 3. The second-order valence-electron chi connectivity index (χ2n) is 6.99. The Bertz CT molecular complexity index is 870. The van der Waals surface area contributed by atoms with Gasteiger partial charge < -0.3 is 10.3 Å². The lowest BCUT2D eigenvalue weighted by Gasteiger charge is -2.19. The average molecular weight is 349 g/mol. The van der Waals surface area contributed by atoms with Crippen molar-refractivity contribution >= 4 is 5.91 Å². The zero-order chi connectivity index (χ0) is 18.9. The lowest BCUT2D eigenvalue weighted by atomic mass is 9.95. The molecule has 2 N–H and O–H groups in total. The maximum absolute atomic E-state index is 13.8. The summed E-state index contributed by atoms with van der Waals surface area (Å²) in [4.78, 5) is 31.7. The maximum atomic E-state index is 13.8. The molecule has 2 rings (SSSR count). The van der Waals surface area contributed by atoms with E-state index in [9.17, 15) is 18.4 Å². The third kappa shape index (κ3) is 4.10. The number of nitrogens with zero attached hydrogens (tertiary/aromatic N) is 1. The van der Waals surface area contributed by atoms with Gasteiger partial charge in [0.05, 0.1) is 11.7 Å². The van der Waals surface area contributed by atoms with Crippen molar-refractivity contribution in [3.05, 3.63) is 62.8 Å². The smallest absolute Gasteiger partial charge is 0.264 e. The summed E-state index contributed by atoms with van der Waals surface area (Å²) in [5.41, 5.74) is -0.631. The first-order valence-corrected chi connectivity index (χ1v) is 7.88. The van der Waals surface area contributed by atoms with Crippen molar-refractivity contribution in [1.29, 1.82) is 0 Å². The van der Waals surface area contributed by atoms with E-state index < -0.39 is 29.1 Å². The van der Waals surface area contributed by atoms with Gasteiger partial charge in [-0.3, -0.25) is 9.59 Å². The van der Waals surface area contributed by atoms with Crippen LogP contribution in [-0.2, 0) is 5.41 Å². The Morgan fingerprint density at radius 3 is 2.44 bits per heavy atom. The molecular weight excluding hydrogens is 328 g/mol. The molecule has 1 amide bonds. The Morgan fingerprint density at radius 2 is 1.92 bits per heavy atom. The normalized spacial score (nSPS) is 12.8. The Balaban J connectivity index is 2.31. The Hall–Kier alpha value is -2.57. The Labute approximate surface area is 144 Å². The molecule has 0 radical (unpaired) electrons. The van der Waals surface area contributed by atoms with E-state index >= 15 is 0 Å². The van der Waals surface area contributed by atoms with E-state index in [4.69, 9.17) is 0 Å². The highest BCUT2D eigenvalue weighted by atomic mass is 19.1. The van der Waals surface area contributed by atoms with Crippen molar-refractivity contribution in [2.75, 3.05) is 0 Å². The minimum atomic E-state index is -0.764. The molecule has 0 aliphatic rings. The Morgan fingerprint density at radius 1 is 1.28 bits per heavy atom. The van der Waals surface area contributed by atoms with Crippen molar-refractivity contribution in [3.63, 3.8) is 0 Å². The average Bonchev–Trinajstić information content (AvgIpc) is 2.45. The number of carbonyl (C=O) groups is 1. The molecule has 1 aromatic heterocycles. The standard InChI is InChI=1S/C18H21F2N3O2/c1-9(12-7-6-11(19)8-13(12)20)21-15(24)14-10(2)22-17(18(3,4)5)23-16(14)25/h6-9H,1-5H3,(H,21,24)(H,22,23,25). The summed E-state index contributed by atoms with van der Waals surface area (Å²) >= 11 is 0. The minimum absolute atomic E-state index is 0.123. The zero-order valence-electron chi connectivity index (χ0n) is 14.8. The zero-order valence-corrected chi connectivity index (χ0v) is 14.8. The van der Waals surface area contributed by atoms with Gasteiger partial charge >= 0.3 is 0 Å². The van der Waals surface area contributed by atoms with Crippen LogP contribution < -0.4 is 10.9 Å². The highest BCUT2D eigenvalue weighted by molar-refractivity contribution is 5.95. The lowest BCUT2D eigenvalue weighted by Crippen LogP contribution is -2.35. The van der Waals surface area contributed by atoms with Crippen LogP contribution in [0, 0.1) is 18.6 Å². The van der Waals surface area contributed by atoms with Crippen LogP contribution in [0.3, 0.4) is 0 Å². The van der Waals surface area contributed by atoms with Crippen molar-refractivity contribution in [2.24, 2.45) is 0 Å². The van der Waals surface area contributed by atoms with Crippen LogP contribution in [0.25, 0.3) is 0 Å². The predicted molar refractivity (Wildman–Crippen MR) is 90.5 cm³/mol. The molecule has 0 saturated carbocycles. The fourth-order valence-electron chi connectivity index (χ4n) is 2.41. The van der Waals surface area contributed by atoms with E-state index in [0.29, 0.717) is 5.82 Å². The van der Waals surface area contributed by atoms with E-state index in [1.165, 1.54) is 6.07 Å². The third-order valence-corrected chi connectivity index (χ3v) is 3.81. The summed E-state index contributed by atoms with van der Waals surface area (Å²) in [6, 6.07) is 2.37. The van der Waals surface area contributed by atoms with Gasteiger partial charge in [-0.25, -0.2) is 13.8 Å². The minimum Gasteiger partial charge on any atom is -0.345 e. The molecule has 134 valence electrons. The van der Waals surface area contributed by atoms with E-state index in [2.05, 4.69) is 15.3 Å². The maximum Gasteiger partial charge on any atom is 0.264 e. The molecule has 0 spiro atoms. The number of rotatable bonds is 3. The largest absolute Gasteiger partial charge is 0.345 e. The highest BCUT2D eigenvalue weighted by Gasteiger charge is 2.23. The van der Waals surface area contributed by atoms with E-state index in [1.54, 1.807) is 13.8 Å². The predicted octanol–water partition coefficient (Wildman–Crippen LogP) is 3.15. The summed E-state index contributed by atoms with van der Waals surface area (Å²) in [5.74, 6) is -1.65. The van der Waals surface area contributed by atoms with Gasteiger partial charge in [0.25, 0.3) is 11.5 Å². The van der Waals surface area contributed by atoms with Gasteiger partial charge in [-0.1, -0.05) is 26.8 Å². The van der Waals surface area contributed by atoms with E-state index in [0.717, 1.165) is 12.1 Å². The first-order valence-electron chi connectivity index (χ1n) is 7.88. The second-order valence-corrected chi connectivity index (χ2v) is 6.99. The van der Waals surface area contributed by atoms with Crippen LogP contribution in [-0.4, -0.2) is 15.9 Å². The van der Waals surface area contributed by atoms with Gasteiger partial charge in [0.1, 0.15) is 23.0 Å². The van der Waals surface area contributed by atoms with Gasteiger partial charge in [0, 0.05) is 17.0 Å². The molecule has 0 aliphatic heterocycles. The van der Waals surface area contributed by atoms with Gasteiger partial charge in [-0.05, 0) is 19.9 Å². The molecule has 25 heavy (non-hydrogen) atoms. The van der Waals surface area contributed by atoms with E-state index in [-0.39, 0.29) is 22.2 Å². The number of aromatic amines is 1. The summed E-state index contributed by atoms with van der Waals surface area (Å²) in [6.07, 6.45) is 0. The van der Waals surface area contributed by atoms with E-state index in [1.807, 2.05) is 20.8 Å². The van der Waals surface area contributed by atoms with Gasteiger partial charge in [-0.15, -0.1) is 0 Å². The number of halogens is 2. The molecule has 1 unspecified atom stereocenters. The third-order valence-electron chi connectivity index (χ3n) is 3.81. The van der Waals surface area contributed by atoms with Gasteiger partial charge in [0.2, 0.25) is 0 Å².